The zero-order valence-corrected chi connectivity index (χ0v) is 14.8. The Kier molecular flexibility index (Phi) is 4.73. The van der Waals surface area contributed by atoms with Gasteiger partial charge in [0.05, 0.1) is 11.9 Å². The summed E-state index contributed by atoms with van der Waals surface area (Å²) in [6.07, 6.45) is 3.97. The van der Waals surface area contributed by atoms with E-state index < -0.39 is 0 Å². The van der Waals surface area contributed by atoms with E-state index in [1.54, 1.807) is 6.20 Å². The van der Waals surface area contributed by atoms with Gasteiger partial charge in [0.25, 0.3) is 5.91 Å². The molecule has 26 heavy (non-hydrogen) atoms. The second-order valence-corrected chi connectivity index (χ2v) is 6.85. The Morgan fingerprint density at radius 2 is 1.38 bits per heavy atom. The first-order valence-electron chi connectivity index (χ1n) is 9.21. The third-order valence-electron chi connectivity index (χ3n) is 5.20. The number of halogens is 1. The molecule has 0 atom stereocenters. The molecular weight excluding hydrogens is 331 g/mol. The van der Waals surface area contributed by atoms with Crippen LogP contribution in [0.2, 0.25) is 0 Å². The van der Waals surface area contributed by atoms with Crippen molar-refractivity contribution in [2.75, 3.05) is 49.1 Å². The predicted molar refractivity (Wildman–Crippen MR) is 100 cm³/mol. The van der Waals surface area contributed by atoms with Crippen LogP contribution >= 0.6 is 0 Å². The van der Waals surface area contributed by atoms with Crippen molar-refractivity contribution in [3.63, 3.8) is 0 Å². The molecule has 0 saturated carbocycles. The minimum absolute atomic E-state index is 0.0372. The Balaban J connectivity index is 1.37. The lowest BCUT2D eigenvalue weighted by molar-refractivity contribution is 0.0787. The summed E-state index contributed by atoms with van der Waals surface area (Å²) in [5, 5.41) is 0. The molecule has 0 aliphatic carbocycles. The standard InChI is InChI=1S/C20H23FN4O/c21-16-3-5-17(6-4-16)23-11-13-24(14-12-23)18-7-8-19(22-15-18)20(26)25-9-1-2-10-25/h3-8,15H,1-2,9-14H2. The maximum absolute atomic E-state index is 13.1. The van der Waals surface area contributed by atoms with E-state index in [2.05, 4.69) is 14.8 Å². The maximum atomic E-state index is 13.1. The molecule has 0 bridgehead atoms. The van der Waals surface area contributed by atoms with Crippen LogP contribution in [0.3, 0.4) is 0 Å². The third-order valence-corrected chi connectivity index (χ3v) is 5.20. The van der Waals surface area contributed by atoms with Crippen molar-refractivity contribution in [3.05, 3.63) is 54.1 Å². The van der Waals surface area contributed by atoms with Gasteiger partial charge in [0.2, 0.25) is 0 Å². The average Bonchev–Trinajstić information content (AvgIpc) is 3.23. The number of nitrogens with zero attached hydrogens (tertiary/aromatic N) is 4. The van der Waals surface area contributed by atoms with Crippen LogP contribution < -0.4 is 9.80 Å². The normalized spacial score (nSPS) is 17.7. The van der Waals surface area contributed by atoms with Crippen molar-refractivity contribution < 1.29 is 9.18 Å². The molecule has 0 unspecified atom stereocenters. The highest BCUT2D eigenvalue weighted by Gasteiger charge is 2.22. The predicted octanol–water partition coefficient (Wildman–Crippen LogP) is 2.78. The number of anilines is 2. The van der Waals surface area contributed by atoms with Crippen LogP contribution in [0.1, 0.15) is 23.3 Å². The minimum Gasteiger partial charge on any atom is -0.368 e. The summed E-state index contributed by atoms with van der Waals surface area (Å²) in [5.41, 5.74) is 2.62. The molecule has 1 aromatic carbocycles. The van der Waals surface area contributed by atoms with Crippen molar-refractivity contribution in [3.8, 4) is 0 Å². The lowest BCUT2D eigenvalue weighted by atomic mass is 10.2. The molecule has 136 valence electrons. The second kappa shape index (κ2) is 7.32. The zero-order valence-electron chi connectivity index (χ0n) is 14.8. The molecule has 2 aliphatic heterocycles. The molecule has 1 aromatic heterocycles. The highest BCUT2D eigenvalue weighted by Crippen LogP contribution is 2.21. The van der Waals surface area contributed by atoms with E-state index in [-0.39, 0.29) is 11.7 Å². The smallest absolute Gasteiger partial charge is 0.272 e. The van der Waals surface area contributed by atoms with Crippen LogP contribution in [-0.4, -0.2) is 55.1 Å². The molecule has 4 rings (SSSR count). The van der Waals surface area contributed by atoms with Gasteiger partial charge >= 0.3 is 0 Å². The summed E-state index contributed by atoms with van der Waals surface area (Å²) in [6, 6.07) is 10.5. The molecule has 0 spiro atoms. The first-order chi connectivity index (χ1) is 12.7. The van der Waals surface area contributed by atoms with E-state index in [1.165, 1.54) is 12.1 Å². The molecular formula is C20H23FN4O. The first-order valence-corrected chi connectivity index (χ1v) is 9.21. The molecule has 2 fully saturated rings. The molecule has 6 heteroatoms. The van der Waals surface area contributed by atoms with E-state index in [0.29, 0.717) is 5.69 Å². The van der Waals surface area contributed by atoms with Gasteiger partial charge in [-0.25, -0.2) is 9.37 Å². The Bertz CT molecular complexity index is 748. The minimum atomic E-state index is -0.206. The number of rotatable bonds is 3. The third kappa shape index (κ3) is 3.49. The van der Waals surface area contributed by atoms with E-state index in [1.807, 2.05) is 29.2 Å². The SMILES string of the molecule is O=C(c1ccc(N2CCN(c3ccc(F)cc3)CC2)cn1)N1CCCC1. The van der Waals surface area contributed by atoms with Gasteiger partial charge < -0.3 is 14.7 Å². The van der Waals surface area contributed by atoms with E-state index in [9.17, 15) is 9.18 Å². The Hall–Kier alpha value is -2.63. The fourth-order valence-corrected chi connectivity index (χ4v) is 3.66. The van der Waals surface area contributed by atoms with Gasteiger partial charge in [-0.1, -0.05) is 0 Å². The van der Waals surface area contributed by atoms with Gasteiger partial charge in [-0.15, -0.1) is 0 Å². The lowest BCUT2D eigenvalue weighted by Gasteiger charge is -2.37. The fraction of sp³-hybridized carbons (Fsp3) is 0.400. The Labute approximate surface area is 153 Å². The summed E-state index contributed by atoms with van der Waals surface area (Å²) >= 11 is 0. The van der Waals surface area contributed by atoms with Crippen LogP contribution in [0, 0.1) is 5.82 Å². The number of pyridine rings is 1. The highest BCUT2D eigenvalue weighted by atomic mass is 19.1. The lowest BCUT2D eigenvalue weighted by Crippen LogP contribution is -2.46. The van der Waals surface area contributed by atoms with Crippen molar-refractivity contribution in [1.29, 1.82) is 0 Å². The molecule has 2 aromatic rings. The van der Waals surface area contributed by atoms with Crippen molar-refractivity contribution >= 4 is 17.3 Å². The van der Waals surface area contributed by atoms with Crippen LogP contribution in [0.15, 0.2) is 42.6 Å². The number of likely N-dealkylation sites (tertiary alicyclic amines) is 1. The number of piperazine rings is 1. The van der Waals surface area contributed by atoms with Gasteiger partial charge in [0.1, 0.15) is 11.5 Å². The van der Waals surface area contributed by atoms with E-state index in [0.717, 1.165) is 63.5 Å². The van der Waals surface area contributed by atoms with Gasteiger partial charge in [-0.2, -0.15) is 0 Å². The van der Waals surface area contributed by atoms with Crippen LogP contribution in [-0.2, 0) is 0 Å². The van der Waals surface area contributed by atoms with Crippen LogP contribution in [0.5, 0.6) is 0 Å². The molecule has 0 radical (unpaired) electrons. The number of aromatic nitrogens is 1. The van der Waals surface area contributed by atoms with Gasteiger partial charge in [-0.05, 0) is 49.2 Å². The van der Waals surface area contributed by atoms with Crippen LogP contribution in [0.25, 0.3) is 0 Å². The monoisotopic (exact) mass is 354 g/mol. The van der Waals surface area contributed by atoms with Gasteiger partial charge in [0, 0.05) is 45.0 Å². The van der Waals surface area contributed by atoms with Gasteiger partial charge in [-0.3, -0.25) is 4.79 Å². The number of carbonyl (C=O) groups excluding carboxylic acids is 1. The molecule has 2 saturated heterocycles. The molecule has 5 nitrogen and oxygen atoms in total. The topological polar surface area (TPSA) is 39.7 Å². The number of carbonyl (C=O) groups is 1. The number of hydrogen-bond donors (Lipinski definition) is 0. The van der Waals surface area contributed by atoms with Gasteiger partial charge in [0.15, 0.2) is 0 Å². The summed E-state index contributed by atoms with van der Waals surface area (Å²) in [7, 11) is 0. The van der Waals surface area contributed by atoms with E-state index in [4.69, 9.17) is 0 Å². The Morgan fingerprint density at radius 1 is 0.808 bits per heavy atom. The summed E-state index contributed by atoms with van der Waals surface area (Å²) in [5.74, 6) is -0.169. The van der Waals surface area contributed by atoms with E-state index >= 15 is 0 Å². The summed E-state index contributed by atoms with van der Waals surface area (Å²) in [4.78, 5) is 23.2. The average molecular weight is 354 g/mol. The molecule has 1 amide bonds. The molecule has 3 heterocycles. The largest absolute Gasteiger partial charge is 0.368 e. The number of hydrogen-bond acceptors (Lipinski definition) is 4. The fourth-order valence-electron chi connectivity index (χ4n) is 3.66. The van der Waals surface area contributed by atoms with Crippen molar-refractivity contribution in [2.24, 2.45) is 0 Å². The zero-order chi connectivity index (χ0) is 17.9. The summed E-state index contributed by atoms with van der Waals surface area (Å²) < 4.78 is 13.1. The number of amides is 1. The Morgan fingerprint density at radius 3 is 1.96 bits per heavy atom. The highest BCUT2D eigenvalue weighted by molar-refractivity contribution is 5.92. The molecule has 0 N–H and O–H groups in total. The number of benzene rings is 1. The first kappa shape index (κ1) is 16.8. The van der Waals surface area contributed by atoms with Crippen molar-refractivity contribution in [2.45, 2.75) is 12.8 Å². The quantitative estimate of drug-likeness (QED) is 0.850. The van der Waals surface area contributed by atoms with Crippen molar-refractivity contribution in [1.82, 2.24) is 9.88 Å². The second-order valence-electron chi connectivity index (χ2n) is 6.85. The van der Waals surface area contributed by atoms with Crippen LogP contribution in [0.4, 0.5) is 15.8 Å². The molecule has 2 aliphatic rings. The maximum Gasteiger partial charge on any atom is 0.272 e. The summed E-state index contributed by atoms with van der Waals surface area (Å²) in [6.45, 7) is 5.18.